The van der Waals surface area contributed by atoms with E-state index >= 15 is 0 Å². The summed E-state index contributed by atoms with van der Waals surface area (Å²) in [4.78, 5) is 18.6. The van der Waals surface area contributed by atoms with E-state index < -0.39 is 0 Å². The lowest BCUT2D eigenvalue weighted by molar-refractivity contribution is 0.0645. The van der Waals surface area contributed by atoms with E-state index in [4.69, 9.17) is 4.52 Å². The van der Waals surface area contributed by atoms with E-state index in [0.29, 0.717) is 23.1 Å². The van der Waals surface area contributed by atoms with Gasteiger partial charge in [-0.2, -0.15) is 0 Å². The van der Waals surface area contributed by atoms with Gasteiger partial charge in [0.25, 0.3) is 5.91 Å². The van der Waals surface area contributed by atoms with Gasteiger partial charge in [0.1, 0.15) is 5.69 Å². The summed E-state index contributed by atoms with van der Waals surface area (Å²) in [5, 5.41) is 7.15. The average Bonchev–Trinajstić information content (AvgIpc) is 3.11. The number of carbonyl (C=O) groups is 1. The average molecular weight is 387 g/mol. The zero-order chi connectivity index (χ0) is 16.1. The van der Waals surface area contributed by atoms with Crippen LogP contribution in [0.4, 0.5) is 0 Å². The molecule has 6 nitrogen and oxygen atoms in total. The summed E-state index contributed by atoms with van der Waals surface area (Å²) in [6, 6.07) is 7.25. The van der Waals surface area contributed by atoms with Crippen LogP contribution < -0.4 is 5.32 Å². The van der Waals surface area contributed by atoms with E-state index in [1.807, 2.05) is 30.1 Å². The van der Waals surface area contributed by atoms with Gasteiger partial charge in [0.15, 0.2) is 0 Å². The molecule has 0 radical (unpaired) electrons. The Morgan fingerprint density at radius 2 is 2.04 bits per heavy atom. The Morgan fingerprint density at radius 1 is 1.28 bits per heavy atom. The van der Waals surface area contributed by atoms with Gasteiger partial charge in [-0.15, -0.1) is 24.8 Å². The van der Waals surface area contributed by atoms with Crippen molar-refractivity contribution < 1.29 is 9.32 Å². The molecule has 138 valence electrons. The van der Waals surface area contributed by atoms with E-state index in [2.05, 4.69) is 15.5 Å². The minimum Gasteiger partial charge on any atom is -0.350 e. The monoisotopic (exact) mass is 386 g/mol. The SMILES string of the molecule is CNCCC1CCN(C(=O)c2cc(-c3ccccn3)no2)CC1.Cl.Cl. The van der Waals surface area contributed by atoms with E-state index in [0.717, 1.165) is 32.5 Å². The molecule has 0 bridgehead atoms. The highest BCUT2D eigenvalue weighted by Crippen LogP contribution is 2.23. The normalized spacial score (nSPS) is 14.5. The molecular weight excluding hydrogens is 363 g/mol. The van der Waals surface area contributed by atoms with E-state index in [1.54, 1.807) is 12.3 Å². The standard InChI is InChI=1S/C17H22N4O2.2ClH/c1-18-9-5-13-6-10-21(11-7-13)17(22)16-12-15(20-23-16)14-4-2-3-8-19-14;;/h2-4,8,12-13,18H,5-7,9-11H2,1H3;2*1H. The maximum Gasteiger partial charge on any atom is 0.292 e. The summed E-state index contributed by atoms with van der Waals surface area (Å²) in [6.45, 7) is 2.60. The van der Waals surface area contributed by atoms with Crippen LogP contribution in [0.3, 0.4) is 0 Å². The maximum absolute atomic E-state index is 12.5. The highest BCUT2D eigenvalue weighted by molar-refractivity contribution is 5.92. The first-order valence-corrected chi connectivity index (χ1v) is 8.10. The van der Waals surface area contributed by atoms with E-state index in [-0.39, 0.29) is 30.7 Å². The van der Waals surface area contributed by atoms with Crippen LogP contribution in [0.5, 0.6) is 0 Å². The molecule has 2 aromatic heterocycles. The van der Waals surface area contributed by atoms with Crippen molar-refractivity contribution >= 4 is 30.7 Å². The summed E-state index contributed by atoms with van der Waals surface area (Å²) in [6.07, 6.45) is 4.97. The predicted octanol–water partition coefficient (Wildman–Crippen LogP) is 3.04. The van der Waals surface area contributed by atoms with E-state index in [1.165, 1.54) is 6.42 Å². The molecule has 25 heavy (non-hydrogen) atoms. The van der Waals surface area contributed by atoms with Crippen molar-refractivity contribution in [3.63, 3.8) is 0 Å². The van der Waals surface area contributed by atoms with Gasteiger partial charge in [0.2, 0.25) is 5.76 Å². The Morgan fingerprint density at radius 3 is 2.68 bits per heavy atom. The topological polar surface area (TPSA) is 71.3 Å². The van der Waals surface area contributed by atoms with Crippen LogP contribution in [0.25, 0.3) is 11.4 Å². The van der Waals surface area contributed by atoms with Gasteiger partial charge in [-0.05, 0) is 50.9 Å². The third kappa shape index (κ3) is 5.42. The minimum absolute atomic E-state index is 0. The molecule has 0 aliphatic carbocycles. The largest absolute Gasteiger partial charge is 0.350 e. The van der Waals surface area contributed by atoms with Crippen molar-refractivity contribution in [2.75, 3.05) is 26.7 Å². The second-order valence-electron chi connectivity index (χ2n) is 5.92. The van der Waals surface area contributed by atoms with Crippen LogP contribution in [0.15, 0.2) is 35.0 Å². The molecular formula is C17H24Cl2N4O2. The molecule has 1 N–H and O–H groups in total. The molecule has 0 aromatic carbocycles. The van der Waals surface area contributed by atoms with Crippen LogP contribution in [0.1, 0.15) is 29.8 Å². The molecule has 3 heterocycles. The van der Waals surface area contributed by atoms with E-state index in [9.17, 15) is 4.79 Å². The molecule has 0 spiro atoms. The van der Waals surface area contributed by atoms with Crippen molar-refractivity contribution in [1.29, 1.82) is 0 Å². The van der Waals surface area contributed by atoms with Crippen molar-refractivity contribution in [2.45, 2.75) is 19.3 Å². The van der Waals surface area contributed by atoms with Crippen LogP contribution in [-0.2, 0) is 0 Å². The number of aromatic nitrogens is 2. The number of pyridine rings is 1. The van der Waals surface area contributed by atoms with Crippen LogP contribution >= 0.6 is 24.8 Å². The summed E-state index contributed by atoms with van der Waals surface area (Å²) < 4.78 is 5.23. The first-order valence-electron chi connectivity index (χ1n) is 8.10. The van der Waals surface area contributed by atoms with Gasteiger partial charge in [-0.25, -0.2) is 0 Å². The fourth-order valence-corrected chi connectivity index (χ4v) is 2.94. The molecule has 0 unspecified atom stereocenters. The Kier molecular flexibility index (Phi) is 8.89. The van der Waals surface area contributed by atoms with Crippen LogP contribution in [-0.4, -0.2) is 47.6 Å². The number of likely N-dealkylation sites (tertiary alicyclic amines) is 1. The number of carbonyl (C=O) groups excluding carboxylic acids is 1. The Hall–Kier alpha value is -1.63. The highest BCUT2D eigenvalue weighted by atomic mass is 35.5. The Labute approximate surface area is 160 Å². The van der Waals surface area contributed by atoms with Crippen LogP contribution in [0.2, 0.25) is 0 Å². The van der Waals surface area contributed by atoms with Crippen molar-refractivity contribution in [3.05, 3.63) is 36.2 Å². The Bertz CT molecular complexity index is 643. The van der Waals surface area contributed by atoms with Crippen molar-refractivity contribution in [3.8, 4) is 11.4 Å². The Balaban J connectivity index is 0.00000156. The lowest BCUT2D eigenvalue weighted by Crippen LogP contribution is -2.38. The van der Waals surface area contributed by atoms with Gasteiger partial charge in [-0.1, -0.05) is 11.2 Å². The molecule has 2 aromatic rings. The number of nitrogens with zero attached hydrogens (tertiary/aromatic N) is 3. The molecule has 1 fully saturated rings. The van der Waals surface area contributed by atoms with Gasteiger partial charge < -0.3 is 14.7 Å². The molecule has 8 heteroatoms. The molecule has 0 atom stereocenters. The smallest absolute Gasteiger partial charge is 0.292 e. The lowest BCUT2D eigenvalue weighted by atomic mass is 9.93. The number of halogens is 2. The first kappa shape index (κ1) is 21.4. The zero-order valence-corrected chi connectivity index (χ0v) is 15.8. The number of amides is 1. The fourth-order valence-electron chi connectivity index (χ4n) is 2.94. The zero-order valence-electron chi connectivity index (χ0n) is 14.2. The predicted molar refractivity (Wildman–Crippen MR) is 101 cm³/mol. The summed E-state index contributed by atoms with van der Waals surface area (Å²) >= 11 is 0. The summed E-state index contributed by atoms with van der Waals surface area (Å²) in [5.74, 6) is 0.913. The second kappa shape index (κ2) is 10.4. The fraction of sp³-hybridized carbons (Fsp3) is 0.471. The van der Waals surface area contributed by atoms with Crippen LogP contribution in [0, 0.1) is 5.92 Å². The maximum atomic E-state index is 12.5. The third-order valence-corrected chi connectivity index (χ3v) is 4.35. The number of piperidine rings is 1. The molecule has 1 amide bonds. The molecule has 3 rings (SSSR count). The summed E-state index contributed by atoms with van der Waals surface area (Å²) in [5.41, 5.74) is 1.30. The molecule has 0 saturated carbocycles. The van der Waals surface area contributed by atoms with Crippen molar-refractivity contribution in [1.82, 2.24) is 20.4 Å². The highest BCUT2D eigenvalue weighted by Gasteiger charge is 2.26. The van der Waals surface area contributed by atoms with Gasteiger partial charge in [0.05, 0.1) is 5.69 Å². The molecule has 1 aliphatic heterocycles. The minimum atomic E-state index is -0.0771. The second-order valence-corrected chi connectivity index (χ2v) is 5.92. The lowest BCUT2D eigenvalue weighted by Gasteiger charge is -2.31. The summed E-state index contributed by atoms with van der Waals surface area (Å²) in [7, 11) is 1.97. The molecule has 1 saturated heterocycles. The van der Waals surface area contributed by atoms with Gasteiger partial charge >= 0.3 is 0 Å². The number of hydrogen-bond acceptors (Lipinski definition) is 5. The first-order chi connectivity index (χ1) is 11.3. The third-order valence-electron chi connectivity index (χ3n) is 4.35. The quantitative estimate of drug-likeness (QED) is 0.854. The number of rotatable bonds is 5. The number of hydrogen-bond donors (Lipinski definition) is 1. The molecule has 1 aliphatic rings. The van der Waals surface area contributed by atoms with Crippen molar-refractivity contribution in [2.24, 2.45) is 5.92 Å². The number of nitrogens with one attached hydrogen (secondary N) is 1. The van der Waals surface area contributed by atoms with Gasteiger partial charge in [0, 0.05) is 25.4 Å². The van der Waals surface area contributed by atoms with Gasteiger partial charge in [-0.3, -0.25) is 9.78 Å².